The molecule has 114 valence electrons. The van der Waals surface area contributed by atoms with Crippen molar-refractivity contribution >= 4 is 11.6 Å². The molecule has 0 atom stereocenters. The molecule has 0 aliphatic carbocycles. The second-order valence-corrected chi connectivity index (χ2v) is 5.48. The van der Waals surface area contributed by atoms with E-state index < -0.39 is 0 Å². The lowest BCUT2D eigenvalue weighted by Gasteiger charge is -2.12. The van der Waals surface area contributed by atoms with Crippen molar-refractivity contribution in [2.75, 3.05) is 0 Å². The maximum atomic E-state index is 6.09. The molecule has 0 aliphatic heterocycles. The predicted octanol–water partition coefficient (Wildman–Crippen LogP) is 3.77. The van der Waals surface area contributed by atoms with Crippen LogP contribution in [0.2, 0.25) is 5.02 Å². The Hall–Kier alpha value is -2.27. The van der Waals surface area contributed by atoms with Gasteiger partial charge in [0.05, 0.1) is 17.8 Å². The van der Waals surface area contributed by atoms with Gasteiger partial charge in [0.2, 0.25) is 0 Å². The van der Waals surface area contributed by atoms with Gasteiger partial charge in [-0.2, -0.15) is 5.10 Å². The quantitative estimate of drug-likeness (QED) is 0.719. The summed E-state index contributed by atoms with van der Waals surface area (Å²) in [6.07, 6.45) is 3.66. The molecule has 0 unspecified atom stereocenters. The summed E-state index contributed by atoms with van der Waals surface area (Å²) in [5.41, 5.74) is 2.82. The minimum absolute atomic E-state index is 0.396. The highest BCUT2D eigenvalue weighted by molar-refractivity contribution is 6.30. The molecule has 0 aliphatic rings. The van der Waals surface area contributed by atoms with E-state index in [0.29, 0.717) is 18.2 Å². The molecule has 0 spiro atoms. The first-order valence-electron chi connectivity index (χ1n) is 6.94. The summed E-state index contributed by atoms with van der Waals surface area (Å²) in [5.74, 6) is 1.51. The van der Waals surface area contributed by atoms with Crippen LogP contribution in [0.15, 0.2) is 41.2 Å². The molecule has 3 aromatic rings. The lowest BCUT2D eigenvalue weighted by molar-refractivity contribution is 0.297. The number of ether oxygens (including phenoxy) is 1. The van der Waals surface area contributed by atoms with Crippen molar-refractivity contribution in [1.82, 2.24) is 14.9 Å². The third-order valence-electron chi connectivity index (χ3n) is 3.47. The second kappa shape index (κ2) is 6.23. The maximum absolute atomic E-state index is 6.09. The first kappa shape index (κ1) is 14.7. The van der Waals surface area contributed by atoms with Crippen LogP contribution in [-0.2, 0) is 13.2 Å². The Balaban J connectivity index is 1.81. The summed E-state index contributed by atoms with van der Waals surface area (Å²) in [7, 11) is 0. The summed E-state index contributed by atoms with van der Waals surface area (Å²) in [4.78, 5) is 0. The van der Waals surface area contributed by atoms with Crippen molar-refractivity contribution in [3.05, 3.63) is 64.3 Å². The third kappa shape index (κ3) is 3.14. The third-order valence-corrected chi connectivity index (χ3v) is 3.71. The van der Waals surface area contributed by atoms with Crippen LogP contribution in [0.4, 0.5) is 0 Å². The number of halogens is 1. The fourth-order valence-corrected chi connectivity index (χ4v) is 2.38. The number of aryl methyl sites for hydroxylation is 2. The Morgan fingerprint density at radius 2 is 2.18 bits per heavy atom. The van der Waals surface area contributed by atoms with E-state index in [1.807, 2.05) is 49.0 Å². The zero-order valence-corrected chi connectivity index (χ0v) is 13.2. The maximum Gasteiger partial charge on any atom is 0.140 e. The highest BCUT2D eigenvalue weighted by Gasteiger charge is 2.12. The van der Waals surface area contributed by atoms with Gasteiger partial charge >= 0.3 is 0 Å². The summed E-state index contributed by atoms with van der Waals surface area (Å²) in [5, 5.41) is 8.79. The van der Waals surface area contributed by atoms with Crippen LogP contribution in [-0.4, -0.2) is 14.9 Å². The minimum atomic E-state index is 0.396. The van der Waals surface area contributed by atoms with Gasteiger partial charge in [-0.1, -0.05) is 22.8 Å². The zero-order valence-electron chi connectivity index (χ0n) is 12.4. The minimum Gasteiger partial charge on any atom is -0.488 e. The molecule has 0 saturated heterocycles. The monoisotopic (exact) mass is 317 g/mol. The van der Waals surface area contributed by atoms with E-state index in [9.17, 15) is 0 Å². The molecule has 1 aromatic carbocycles. The number of hydrogen-bond acceptors (Lipinski definition) is 4. The Morgan fingerprint density at radius 3 is 2.86 bits per heavy atom. The average molecular weight is 318 g/mol. The Kier molecular flexibility index (Phi) is 4.15. The van der Waals surface area contributed by atoms with E-state index in [1.54, 1.807) is 6.20 Å². The molecule has 6 heteroatoms. The average Bonchev–Trinajstić information content (AvgIpc) is 3.11. The Bertz CT molecular complexity index is 746. The molecule has 0 saturated carbocycles. The van der Waals surface area contributed by atoms with Crippen LogP contribution in [0, 0.1) is 13.8 Å². The van der Waals surface area contributed by atoms with Gasteiger partial charge in [-0.3, -0.25) is 4.68 Å². The molecule has 5 nitrogen and oxygen atoms in total. The standard InChI is InChI=1S/C16H16ClN3O2/c1-11-15(12(2)22-19-11)10-21-16-8-14(17)5-4-13(16)9-20-7-3-6-18-20/h3-8H,9-10H2,1-2H3. The van der Waals surface area contributed by atoms with Gasteiger partial charge in [0, 0.05) is 23.0 Å². The van der Waals surface area contributed by atoms with Crippen molar-refractivity contribution in [3.63, 3.8) is 0 Å². The highest BCUT2D eigenvalue weighted by Crippen LogP contribution is 2.26. The van der Waals surface area contributed by atoms with E-state index in [-0.39, 0.29) is 0 Å². The molecule has 0 fully saturated rings. The molecule has 0 radical (unpaired) electrons. The second-order valence-electron chi connectivity index (χ2n) is 5.05. The van der Waals surface area contributed by atoms with Crippen molar-refractivity contribution in [2.45, 2.75) is 27.0 Å². The highest BCUT2D eigenvalue weighted by atomic mass is 35.5. The predicted molar refractivity (Wildman–Crippen MR) is 83.1 cm³/mol. The van der Waals surface area contributed by atoms with E-state index in [2.05, 4.69) is 10.3 Å². The molecule has 3 rings (SSSR count). The fraction of sp³-hybridized carbons (Fsp3) is 0.250. The first-order valence-corrected chi connectivity index (χ1v) is 7.31. The van der Waals surface area contributed by atoms with Crippen molar-refractivity contribution in [2.24, 2.45) is 0 Å². The molecule has 0 amide bonds. The largest absolute Gasteiger partial charge is 0.488 e. The first-order chi connectivity index (χ1) is 10.6. The summed E-state index contributed by atoms with van der Waals surface area (Å²) >= 11 is 6.09. The van der Waals surface area contributed by atoms with Gasteiger partial charge in [-0.15, -0.1) is 0 Å². The zero-order chi connectivity index (χ0) is 15.5. The Morgan fingerprint density at radius 1 is 1.32 bits per heavy atom. The number of rotatable bonds is 5. The number of nitrogens with zero attached hydrogens (tertiary/aromatic N) is 3. The van der Waals surface area contributed by atoms with E-state index in [4.69, 9.17) is 20.9 Å². The Labute approximate surface area is 133 Å². The van der Waals surface area contributed by atoms with Gasteiger partial charge in [-0.25, -0.2) is 0 Å². The van der Waals surface area contributed by atoms with Crippen LogP contribution >= 0.6 is 11.6 Å². The number of benzene rings is 1. The topological polar surface area (TPSA) is 53.1 Å². The van der Waals surface area contributed by atoms with Crippen LogP contribution < -0.4 is 4.74 Å². The van der Waals surface area contributed by atoms with E-state index in [0.717, 1.165) is 28.3 Å². The lowest BCUT2D eigenvalue weighted by Crippen LogP contribution is -2.05. The van der Waals surface area contributed by atoms with Crippen LogP contribution in [0.3, 0.4) is 0 Å². The van der Waals surface area contributed by atoms with Crippen LogP contribution in [0.5, 0.6) is 5.75 Å². The van der Waals surface area contributed by atoms with E-state index >= 15 is 0 Å². The summed E-state index contributed by atoms with van der Waals surface area (Å²) in [6, 6.07) is 7.51. The van der Waals surface area contributed by atoms with Gasteiger partial charge in [-0.05, 0) is 32.0 Å². The molecule has 22 heavy (non-hydrogen) atoms. The van der Waals surface area contributed by atoms with Crippen molar-refractivity contribution in [1.29, 1.82) is 0 Å². The molecule has 2 aromatic heterocycles. The number of aromatic nitrogens is 3. The van der Waals surface area contributed by atoms with Crippen molar-refractivity contribution in [3.8, 4) is 5.75 Å². The van der Waals surface area contributed by atoms with Crippen LogP contribution in [0.25, 0.3) is 0 Å². The fourth-order valence-electron chi connectivity index (χ4n) is 2.22. The molecular formula is C16H16ClN3O2. The smallest absolute Gasteiger partial charge is 0.140 e. The summed E-state index contributed by atoms with van der Waals surface area (Å²) < 4.78 is 12.9. The summed E-state index contributed by atoms with van der Waals surface area (Å²) in [6.45, 7) is 4.80. The van der Waals surface area contributed by atoms with Gasteiger partial charge < -0.3 is 9.26 Å². The van der Waals surface area contributed by atoms with E-state index in [1.165, 1.54) is 0 Å². The van der Waals surface area contributed by atoms with Crippen LogP contribution in [0.1, 0.15) is 22.6 Å². The van der Waals surface area contributed by atoms with Crippen molar-refractivity contribution < 1.29 is 9.26 Å². The molecular weight excluding hydrogens is 302 g/mol. The SMILES string of the molecule is Cc1noc(C)c1COc1cc(Cl)ccc1Cn1cccn1. The molecule has 0 bridgehead atoms. The van der Waals surface area contributed by atoms with Gasteiger partial charge in [0.1, 0.15) is 18.1 Å². The lowest BCUT2D eigenvalue weighted by atomic mass is 10.2. The number of hydrogen-bond donors (Lipinski definition) is 0. The van der Waals surface area contributed by atoms with Gasteiger partial charge in [0.25, 0.3) is 0 Å². The normalized spacial score (nSPS) is 10.9. The molecule has 2 heterocycles. The van der Waals surface area contributed by atoms with Gasteiger partial charge in [0.15, 0.2) is 0 Å². The molecule has 0 N–H and O–H groups in total.